The van der Waals surface area contributed by atoms with Crippen molar-refractivity contribution in [3.05, 3.63) is 0 Å². The highest BCUT2D eigenvalue weighted by molar-refractivity contribution is 8.00. The van der Waals surface area contributed by atoms with Crippen LogP contribution in [0.4, 0.5) is 4.79 Å². The lowest BCUT2D eigenvalue weighted by Crippen LogP contribution is -2.40. The van der Waals surface area contributed by atoms with Crippen LogP contribution in [0, 0.1) is 0 Å². The number of nitrogens with zero attached hydrogens (tertiary/aromatic N) is 1. The highest BCUT2D eigenvalue weighted by Crippen LogP contribution is 2.25. The predicted octanol–water partition coefficient (Wildman–Crippen LogP) is 1.67. The van der Waals surface area contributed by atoms with E-state index in [2.05, 4.69) is 16.0 Å². The van der Waals surface area contributed by atoms with E-state index in [1.807, 2.05) is 41.7 Å². The summed E-state index contributed by atoms with van der Waals surface area (Å²) < 4.78 is 11.1. The Kier molecular flexibility index (Phi) is 12.9. The molecule has 34 heavy (non-hydrogen) atoms. The predicted molar refractivity (Wildman–Crippen MR) is 133 cm³/mol. The van der Waals surface area contributed by atoms with Crippen LogP contribution < -0.4 is 16.0 Å². The second kappa shape index (κ2) is 14.5. The molecular formula is C23H42N4O6S. The molecule has 0 aliphatic carbocycles. The highest BCUT2D eigenvalue weighted by atomic mass is 32.2. The maximum atomic E-state index is 12.4. The molecule has 1 heterocycles. The number of rotatable bonds is 15. The molecule has 4 amide bonds. The minimum Gasteiger partial charge on any atom is -0.443 e. The second-order valence-electron chi connectivity index (χ2n) is 9.79. The lowest BCUT2D eigenvalue weighted by atomic mass is 10.1. The molecule has 1 fully saturated rings. The van der Waals surface area contributed by atoms with Crippen molar-refractivity contribution < 1.29 is 28.7 Å². The Labute approximate surface area is 207 Å². The number of thioether (sulfide) groups is 1. The van der Waals surface area contributed by atoms with Gasteiger partial charge in [-0.15, -0.1) is 11.8 Å². The van der Waals surface area contributed by atoms with E-state index in [0.717, 1.165) is 18.7 Å². The van der Waals surface area contributed by atoms with E-state index < -0.39 is 11.7 Å². The Hall–Kier alpha value is -1.85. The molecule has 0 aromatic heterocycles. The summed E-state index contributed by atoms with van der Waals surface area (Å²) in [6.07, 6.45) is 1.13. The SMILES string of the molecule is CNCCCSC1CC(=O)N(CCC(=O)NCCNC(=O)OC(C)(C)CCOC(C)(C)C)C1=O. The third-order valence-electron chi connectivity index (χ3n) is 4.98. The molecule has 1 rings (SSSR count). The standard InChI is InChI=1S/C23H42N4O6S/c1-22(2,3)32-14-9-23(4,5)33-21(31)26-12-11-25-18(28)8-13-27-19(29)16-17(20(27)30)34-15-7-10-24-6/h17,24H,7-16H2,1-6H3,(H,25,28)(H,26,31). The summed E-state index contributed by atoms with van der Waals surface area (Å²) in [6, 6.07) is 0. The molecule has 1 aliphatic rings. The van der Waals surface area contributed by atoms with E-state index in [0.29, 0.717) is 13.0 Å². The zero-order chi connectivity index (χ0) is 25.8. The van der Waals surface area contributed by atoms with Gasteiger partial charge in [0.25, 0.3) is 0 Å². The minimum atomic E-state index is -0.684. The first-order valence-corrected chi connectivity index (χ1v) is 12.9. The number of alkyl carbamates (subject to hydrolysis) is 1. The molecular weight excluding hydrogens is 460 g/mol. The second-order valence-corrected chi connectivity index (χ2v) is 11.1. The first kappa shape index (κ1) is 30.2. The van der Waals surface area contributed by atoms with Crippen LogP contribution in [-0.4, -0.2) is 90.8 Å². The Balaban J connectivity index is 2.22. The smallest absolute Gasteiger partial charge is 0.407 e. The number of nitrogens with one attached hydrogen (secondary N) is 3. The first-order chi connectivity index (χ1) is 15.8. The molecule has 196 valence electrons. The average molecular weight is 503 g/mol. The van der Waals surface area contributed by atoms with Crippen LogP contribution in [0.3, 0.4) is 0 Å². The van der Waals surface area contributed by atoms with Crippen LogP contribution in [0.15, 0.2) is 0 Å². The van der Waals surface area contributed by atoms with Crippen molar-refractivity contribution in [3.63, 3.8) is 0 Å². The van der Waals surface area contributed by atoms with Gasteiger partial charge in [-0.25, -0.2) is 4.79 Å². The van der Waals surface area contributed by atoms with Gasteiger partial charge in [-0.05, 0) is 60.4 Å². The highest BCUT2D eigenvalue weighted by Gasteiger charge is 2.38. The van der Waals surface area contributed by atoms with E-state index in [1.165, 1.54) is 16.7 Å². The van der Waals surface area contributed by atoms with E-state index in [1.54, 1.807) is 0 Å². The molecule has 0 saturated carbocycles. The van der Waals surface area contributed by atoms with Crippen molar-refractivity contribution >= 4 is 35.6 Å². The molecule has 1 atom stereocenters. The van der Waals surface area contributed by atoms with Crippen molar-refractivity contribution in [3.8, 4) is 0 Å². The molecule has 11 heteroatoms. The molecule has 0 spiro atoms. The van der Waals surface area contributed by atoms with Gasteiger partial charge in [-0.2, -0.15) is 0 Å². The van der Waals surface area contributed by atoms with Gasteiger partial charge in [0.2, 0.25) is 17.7 Å². The van der Waals surface area contributed by atoms with E-state index >= 15 is 0 Å². The van der Waals surface area contributed by atoms with E-state index in [-0.39, 0.29) is 61.0 Å². The monoisotopic (exact) mass is 502 g/mol. The maximum Gasteiger partial charge on any atom is 0.407 e. The van der Waals surface area contributed by atoms with Crippen molar-refractivity contribution in [2.75, 3.05) is 45.6 Å². The van der Waals surface area contributed by atoms with Crippen molar-refractivity contribution in [1.82, 2.24) is 20.9 Å². The molecule has 1 saturated heterocycles. The fraction of sp³-hybridized carbons (Fsp3) is 0.826. The summed E-state index contributed by atoms with van der Waals surface area (Å²) in [5.74, 6) is 0.0625. The normalized spacial score (nSPS) is 16.6. The number of carbonyl (C=O) groups is 4. The number of hydrogen-bond donors (Lipinski definition) is 3. The Morgan fingerprint density at radius 2 is 1.76 bits per heavy atom. The summed E-state index contributed by atoms with van der Waals surface area (Å²) in [5.41, 5.74) is -0.935. The molecule has 0 aromatic carbocycles. The zero-order valence-corrected chi connectivity index (χ0v) is 22.3. The third-order valence-corrected chi connectivity index (χ3v) is 6.27. The van der Waals surface area contributed by atoms with Crippen molar-refractivity contribution in [2.45, 2.75) is 76.8 Å². The van der Waals surface area contributed by atoms with Crippen LogP contribution in [0.2, 0.25) is 0 Å². The van der Waals surface area contributed by atoms with Gasteiger partial charge < -0.3 is 25.4 Å². The number of ether oxygens (including phenoxy) is 2. The van der Waals surface area contributed by atoms with E-state index in [4.69, 9.17) is 9.47 Å². The number of hydrogen-bond acceptors (Lipinski definition) is 8. The van der Waals surface area contributed by atoms with Crippen LogP contribution in [0.1, 0.15) is 60.3 Å². The van der Waals surface area contributed by atoms with Crippen LogP contribution in [0.5, 0.6) is 0 Å². The molecule has 0 radical (unpaired) electrons. The lowest BCUT2D eigenvalue weighted by molar-refractivity contribution is -0.138. The molecule has 1 unspecified atom stereocenters. The minimum absolute atomic E-state index is 0.0277. The van der Waals surface area contributed by atoms with Gasteiger partial charge in [0, 0.05) is 38.9 Å². The van der Waals surface area contributed by atoms with Gasteiger partial charge in [0.15, 0.2) is 0 Å². The molecule has 3 N–H and O–H groups in total. The fourth-order valence-electron chi connectivity index (χ4n) is 3.10. The van der Waals surface area contributed by atoms with Gasteiger partial charge in [-0.3, -0.25) is 19.3 Å². The average Bonchev–Trinajstić information content (AvgIpc) is 2.98. The van der Waals surface area contributed by atoms with Gasteiger partial charge in [-0.1, -0.05) is 0 Å². The fourth-order valence-corrected chi connectivity index (χ4v) is 4.23. The summed E-state index contributed by atoms with van der Waals surface area (Å²) in [6.45, 7) is 11.3. The number of amides is 4. The molecule has 0 bridgehead atoms. The Morgan fingerprint density at radius 1 is 1.09 bits per heavy atom. The maximum absolute atomic E-state index is 12.4. The van der Waals surface area contributed by atoms with Crippen LogP contribution in [0.25, 0.3) is 0 Å². The number of imide groups is 1. The number of likely N-dealkylation sites (tertiary alicyclic amines) is 1. The molecule has 10 nitrogen and oxygen atoms in total. The largest absolute Gasteiger partial charge is 0.443 e. The first-order valence-electron chi connectivity index (χ1n) is 11.8. The van der Waals surface area contributed by atoms with Gasteiger partial charge >= 0.3 is 6.09 Å². The topological polar surface area (TPSA) is 126 Å². The summed E-state index contributed by atoms with van der Waals surface area (Å²) in [5, 5.41) is 7.97. The quantitative estimate of drug-likeness (QED) is 0.228. The Morgan fingerprint density at radius 3 is 2.41 bits per heavy atom. The number of carbonyl (C=O) groups excluding carboxylic acids is 4. The van der Waals surface area contributed by atoms with Gasteiger partial charge in [0.05, 0.1) is 17.5 Å². The van der Waals surface area contributed by atoms with Crippen molar-refractivity contribution in [2.24, 2.45) is 0 Å². The van der Waals surface area contributed by atoms with Crippen molar-refractivity contribution in [1.29, 1.82) is 0 Å². The third kappa shape index (κ3) is 12.6. The summed E-state index contributed by atoms with van der Waals surface area (Å²) in [7, 11) is 1.87. The van der Waals surface area contributed by atoms with Crippen LogP contribution in [-0.2, 0) is 23.9 Å². The van der Waals surface area contributed by atoms with Crippen LogP contribution >= 0.6 is 11.8 Å². The summed E-state index contributed by atoms with van der Waals surface area (Å²) >= 11 is 1.49. The Bertz CT molecular complexity index is 695. The zero-order valence-electron chi connectivity index (χ0n) is 21.5. The molecule has 1 aliphatic heterocycles. The molecule has 0 aromatic rings. The lowest BCUT2D eigenvalue weighted by Gasteiger charge is -2.27. The van der Waals surface area contributed by atoms with E-state index in [9.17, 15) is 19.2 Å². The summed E-state index contributed by atoms with van der Waals surface area (Å²) in [4.78, 5) is 49.8. The van der Waals surface area contributed by atoms with Gasteiger partial charge in [0.1, 0.15) is 5.60 Å².